The van der Waals surface area contributed by atoms with Crippen molar-refractivity contribution in [2.24, 2.45) is 5.73 Å². The molecule has 1 aromatic carbocycles. The molecule has 0 fully saturated rings. The van der Waals surface area contributed by atoms with Gasteiger partial charge in [-0.15, -0.1) is 0 Å². The Hall–Kier alpha value is -1.27. The van der Waals surface area contributed by atoms with Gasteiger partial charge in [0.1, 0.15) is 23.1 Å². The summed E-state index contributed by atoms with van der Waals surface area (Å²) in [5.74, 6) is 1.57. The molecule has 2 rings (SSSR count). The lowest BCUT2D eigenvalue weighted by molar-refractivity contribution is 0.169. The molecular weight excluding hydrogens is 266 g/mol. The van der Waals surface area contributed by atoms with E-state index >= 15 is 0 Å². The Morgan fingerprint density at radius 3 is 2.79 bits per heavy atom. The van der Waals surface area contributed by atoms with E-state index in [2.05, 4.69) is 0 Å². The van der Waals surface area contributed by atoms with Crippen LogP contribution < -0.4 is 15.2 Å². The normalized spacial score (nSPS) is 16.1. The molecule has 0 amide bonds. The van der Waals surface area contributed by atoms with Crippen LogP contribution in [-0.2, 0) is 9.84 Å². The lowest BCUT2D eigenvalue weighted by Crippen LogP contribution is -2.20. The SMILES string of the molecule is CS(=O)(=O)CCCC(N)c1cccc2c1OCCO2. The van der Waals surface area contributed by atoms with Crippen molar-refractivity contribution < 1.29 is 17.9 Å². The number of para-hydroxylation sites is 1. The first-order valence-corrected chi connectivity index (χ1v) is 8.35. The van der Waals surface area contributed by atoms with E-state index in [1.165, 1.54) is 6.26 Å². The third-order valence-corrected chi connectivity index (χ3v) is 4.06. The molecular formula is C13H19NO4S. The maximum Gasteiger partial charge on any atom is 0.166 e. The van der Waals surface area contributed by atoms with E-state index < -0.39 is 9.84 Å². The van der Waals surface area contributed by atoms with E-state index in [0.717, 1.165) is 5.56 Å². The van der Waals surface area contributed by atoms with Crippen LogP contribution in [0.25, 0.3) is 0 Å². The lowest BCUT2D eigenvalue weighted by Gasteiger charge is -2.23. The van der Waals surface area contributed by atoms with Crippen LogP contribution >= 0.6 is 0 Å². The van der Waals surface area contributed by atoms with Crippen molar-refractivity contribution in [1.82, 2.24) is 0 Å². The molecule has 1 atom stereocenters. The van der Waals surface area contributed by atoms with E-state index in [1.807, 2.05) is 18.2 Å². The summed E-state index contributed by atoms with van der Waals surface area (Å²) in [5.41, 5.74) is 7.00. The van der Waals surface area contributed by atoms with Gasteiger partial charge in [-0.1, -0.05) is 12.1 Å². The Balaban J connectivity index is 2.05. The Morgan fingerprint density at radius 1 is 1.32 bits per heavy atom. The summed E-state index contributed by atoms with van der Waals surface area (Å²) in [6, 6.07) is 5.39. The number of hydrogen-bond acceptors (Lipinski definition) is 5. The van der Waals surface area contributed by atoms with Crippen molar-refractivity contribution in [3.63, 3.8) is 0 Å². The third-order valence-electron chi connectivity index (χ3n) is 3.03. The van der Waals surface area contributed by atoms with Crippen molar-refractivity contribution in [2.45, 2.75) is 18.9 Å². The maximum absolute atomic E-state index is 11.1. The minimum atomic E-state index is -2.93. The summed E-state index contributed by atoms with van der Waals surface area (Å²) in [4.78, 5) is 0. The van der Waals surface area contributed by atoms with Crippen LogP contribution in [0.4, 0.5) is 0 Å². The van der Waals surface area contributed by atoms with Gasteiger partial charge in [0.2, 0.25) is 0 Å². The molecule has 1 aliphatic rings. The first-order valence-electron chi connectivity index (χ1n) is 6.29. The highest BCUT2D eigenvalue weighted by atomic mass is 32.2. The summed E-state index contributed by atoms with van der Waals surface area (Å²) >= 11 is 0. The van der Waals surface area contributed by atoms with Gasteiger partial charge in [-0.25, -0.2) is 8.42 Å². The van der Waals surface area contributed by atoms with Crippen LogP contribution in [0.5, 0.6) is 11.5 Å². The van der Waals surface area contributed by atoms with Crippen molar-refractivity contribution in [3.05, 3.63) is 23.8 Å². The molecule has 5 nitrogen and oxygen atoms in total. The third kappa shape index (κ3) is 3.84. The number of hydrogen-bond donors (Lipinski definition) is 1. The number of fused-ring (bicyclic) bond motifs is 1. The molecule has 0 aromatic heterocycles. The summed E-state index contributed by atoms with van der Waals surface area (Å²) < 4.78 is 33.3. The van der Waals surface area contributed by atoms with Gasteiger partial charge in [-0.2, -0.15) is 0 Å². The fraction of sp³-hybridized carbons (Fsp3) is 0.538. The average Bonchev–Trinajstić information content (AvgIpc) is 2.36. The van der Waals surface area contributed by atoms with Gasteiger partial charge in [-0.3, -0.25) is 0 Å². The topological polar surface area (TPSA) is 78.6 Å². The number of sulfone groups is 1. The highest BCUT2D eigenvalue weighted by Crippen LogP contribution is 2.37. The van der Waals surface area contributed by atoms with Crippen LogP contribution in [0.15, 0.2) is 18.2 Å². The summed E-state index contributed by atoms with van der Waals surface area (Å²) in [6.07, 6.45) is 2.39. The van der Waals surface area contributed by atoms with Crippen molar-refractivity contribution in [1.29, 1.82) is 0 Å². The molecule has 0 aliphatic carbocycles. The van der Waals surface area contributed by atoms with Crippen molar-refractivity contribution in [3.8, 4) is 11.5 Å². The number of benzene rings is 1. The van der Waals surface area contributed by atoms with E-state index in [9.17, 15) is 8.42 Å². The van der Waals surface area contributed by atoms with Crippen LogP contribution in [-0.4, -0.2) is 33.6 Å². The fourth-order valence-corrected chi connectivity index (χ4v) is 2.80. The first kappa shape index (κ1) is 14.1. The molecule has 0 saturated heterocycles. The van der Waals surface area contributed by atoms with Crippen molar-refractivity contribution >= 4 is 9.84 Å². The standard InChI is InChI=1S/C13H19NO4S/c1-19(15,16)9-3-5-11(14)10-4-2-6-12-13(10)18-8-7-17-12/h2,4,6,11H,3,5,7-9,14H2,1H3. The van der Waals surface area contributed by atoms with E-state index in [4.69, 9.17) is 15.2 Å². The van der Waals surface area contributed by atoms with Gasteiger partial charge in [-0.05, 0) is 18.9 Å². The Morgan fingerprint density at radius 2 is 2.05 bits per heavy atom. The maximum atomic E-state index is 11.1. The van der Waals surface area contributed by atoms with Gasteiger partial charge in [0.25, 0.3) is 0 Å². The van der Waals surface area contributed by atoms with Gasteiger partial charge in [0, 0.05) is 23.6 Å². The molecule has 1 aliphatic heterocycles. The smallest absolute Gasteiger partial charge is 0.166 e. The van der Waals surface area contributed by atoms with Crippen molar-refractivity contribution in [2.75, 3.05) is 25.2 Å². The van der Waals surface area contributed by atoms with Gasteiger partial charge in [0.05, 0.1) is 0 Å². The number of ether oxygens (including phenoxy) is 2. The van der Waals surface area contributed by atoms with E-state index in [0.29, 0.717) is 37.6 Å². The minimum absolute atomic E-state index is 0.160. The van der Waals surface area contributed by atoms with E-state index in [-0.39, 0.29) is 11.8 Å². The number of nitrogens with two attached hydrogens (primary N) is 1. The van der Waals surface area contributed by atoms with Gasteiger partial charge >= 0.3 is 0 Å². The summed E-state index contributed by atoms with van der Waals surface area (Å²) in [7, 11) is -2.93. The second-order valence-electron chi connectivity index (χ2n) is 4.75. The largest absolute Gasteiger partial charge is 0.486 e. The Bertz CT molecular complexity index is 542. The Kier molecular flexibility index (Phi) is 4.31. The monoisotopic (exact) mass is 285 g/mol. The molecule has 1 aromatic rings. The highest BCUT2D eigenvalue weighted by Gasteiger charge is 2.19. The van der Waals surface area contributed by atoms with Gasteiger partial charge in [0.15, 0.2) is 11.5 Å². The number of rotatable bonds is 5. The highest BCUT2D eigenvalue weighted by molar-refractivity contribution is 7.90. The van der Waals surface area contributed by atoms with Crippen LogP contribution in [0.3, 0.4) is 0 Å². The zero-order valence-electron chi connectivity index (χ0n) is 11.0. The molecule has 0 radical (unpaired) electrons. The molecule has 2 N–H and O–H groups in total. The molecule has 19 heavy (non-hydrogen) atoms. The second kappa shape index (κ2) is 5.79. The fourth-order valence-electron chi connectivity index (χ4n) is 2.11. The zero-order valence-corrected chi connectivity index (χ0v) is 11.8. The quantitative estimate of drug-likeness (QED) is 0.881. The second-order valence-corrected chi connectivity index (χ2v) is 7.01. The summed E-state index contributed by atoms with van der Waals surface area (Å²) in [5, 5.41) is 0. The predicted octanol–water partition coefficient (Wildman–Crippen LogP) is 1.28. The zero-order chi connectivity index (χ0) is 13.9. The lowest BCUT2D eigenvalue weighted by atomic mass is 10.0. The molecule has 6 heteroatoms. The van der Waals surface area contributed by atoms with E-state index in [1.54, 1.807) is 0 Å². The van der Waals surface area contributed by atoms with Crippen LogP contribution in [0, 0.1) is 0 Å². The van der Waals surface area contributed by atoms with Crippen LogP contribution in [0.2, 0.25) is 0 Å². The molecule has 1 heterocycles. The Labute approximate surface area is 113 Å². The molecule has 0 bridgehead atoms. The average molecular weight is 285 g/mol. The first-order chi connectivity index (χ1) is 8.97. The van der Waals surface area contributed by atoms with Crippen LogP contribution in [0.1, 0.15) is 24.4 Å². The molecule has 0 spiro atoms. The van der Waals surface area contributed by atoms with Gasteiger partial charge < -0.3 is 15.2 Å². The summed E-state index contributed by atoms with van der Waals surface area (Å²) in [6.45, 7) is 1.06. The minimum Gasteiger partial charge on any atom is -0.486 e. The molecule has 106 valence electrons. The molecule has 1 unspecified atom stereocenters. The molecule has 0 saturated carbocycles. The predicted molar refractivity (Wildman–Crippen MR) is 73.3 cm³/mol.